The minimum absolute atomic E-state index is 0.0561. The molecular formula is C21H23ClN2O2S. The van der Waals surface area contributed by atoms with Gasteiger partial charge < -0.3 is 9.73 Å². The van der Waals surface area contributed by atoms with Crippen molar-refractivity contribution in [3.05, 3.63) is 57.3 Å². The zero-order chi connectivity index (χ0) is 19.0. The summed E-state index contributed by atoms with van der Waals surface area (Å²) in [5.74, 6) is 1.68. The molecule has 3 heterocycles. The quantitative estimate of drug-likeness (QED) is 0.627. The second-order valence-electron chi connectivity index (χ2n) is 7.16. The lowest BCUT2D eigenvalue weighted by molar-refractivity contribution is 0.0938. The lowest BCUT2D eigenvalue weighted by Crippen LogP contribution is -2.36. The van der Waals surface area contributed by atoms with Crippen molar-refractivity contribution in [3.8, 4) is 0 Å². The summed E-state index contributed by atoms with van der Waals surface area (Å²) in [6.45, 7) is 6.56. The molecule has 1 fully saturated rings. The molecule has 0 aliphatic carbocycles. The summed E-state index contributed by atoms with van der Waals surface area (Å²) < 4.78 is 6.91. The van der Waals surface area contributed by atoms with Crippen molar-refractivity contribution >= 4 is 38.9 Å². The summed E-state index contributed by atoms with van der Waals surface area (Å²) >= 11 is 7.94. The van der Waals surface area contributed by atoms with Gasteiger partial charge in [-0.15, -0.1) is 11.3 Å². The molecule has 6 heteroatoms. The number of carbonyl (C=O) groups is 1. The second-order valence-corrected chi connectivity index (χ2v) is 8.59. The molecule has 1 amide bonds. The fourth-order valence-corrected chi connectivity index (χ4v) is 5.22. The van der Waals surface area contributed by atoms with Gasteiger partial charge in [0.25, 0.3) is 5.91 Å². The van der Waals surface area contributed by atoms with Crippen LogP contribution in [0.4, 0.5) is 0 Å². The number of hydrogen-bond donors (Lipinski definition) is 1. The number of carbonyl (C=O) groups excluding carboxylic acids is 1. The molecule has 4 rings (SSSR count). The SMILES string of the molecule is Cc1ccc2c(Cl)c(C(=O)NC[C@H](c3ccc(C)o3)N3CCCC3)sc2c1. The van der Waals surface area contributed by atoms with Crippen molar-refractivity contribution < 1.29 is 9.21 Å². The summed E-state index contributed by atoms with van der Waals surface area (Å²) in [7, 11) is 0. The highest BCUT2D eigenvalue weighted by atomic mass is 35.5. The van der Waals surface area contributed by atoms with Crippen LogP contribution in [0.25, 0.3) is 10.1 Å². The van der Waals surface area contributed by atoms with E-state index in [0.717, 1.165) is 40.3 Å². The Labute approximate surface area is 168 Å². The number of thiophene rings is 1. The summed E-state index contributed by atoms with van der Waals surface area (Å²) in [5, 5.41) is 4.57. The summed E-state index contributed by atoms with van der Waals surface area (Å²) in [6, 6.07) is 10.1. The van der Waals surface area contributed by atoms with Crippen LogP contribution in [-0.4, -0.2) is 30.4 Å². The van der Waals surface area contributed by atoms with Gasteiger partial charge >= 0.3 is 0 Å². The molecule has 0 saturated carbocycles. The Morgan fingerprint density at radius 3 is 2.74 bits per heavy atom. The number of hydrogen-bond acceptors (Lipinski definition) is 4. The largest absolute Gasteiger partial charge is 0.465 e. The summed E-state index contributed by atoms with van der Waals surface area (Å²) in [5.41, 5.74) is 1.16. The Bertz CT molecular complexity index is 972. The molecule has 1 aromatic carbocycles. The first-order chi connectivity index (χ1) is 13.0. The lowest BCUT2D eigenvalue weighted by atomic mass is 10.2. The van der Waals surface area contributed by atoms with E-state index in [4.69, 9.17) is 16.0 Å². The molecule has 0 spiro atoms. The molecule has 1 saturated heterocycles. The monoisotopic (exact) mass is 402 g/mol. The van der Waals surface area contributed by atoms with E-state index in [1.165, 1.54) is 24.2 Å². The number of furan rings is 1. The van der Waals surface area contributed by atoms with Crippen molar-refractivity contribution in [1.82, 2.24) is 10.2 Å². The molecule has 0 bridgehead atoms. The van der Waals surface area contributed by atoms with Crippen LogP contribution >= 0.6 is 22.9 Å². The zero-order valence-corrected chi connectivity index (χ0v) is 17.1. The van der Waals surface area contributed by atoms with Gasteiger partial charge in [-0.25, -0.2) is 0 Å². The number of likely N-dealkylation sites (tertiary alicyclic amines) is 1. The number of nitrogens with zero attached hydrogens (tertiary/aromatic N) is 1. The maximum Gasteiger partial charge on any atom is 0.263 e. The van der Waals surface area contributed by atoms with Crippen LogP contribution in [0.15, 0.2) is 34.7 Å². The van der Waals surface area contributed by atoms with Gasteiger partial charge in [0.05, 0.1) is 11.1 Å². The molecule has 0 radical (unpaired) electrons. The van der Waals surface area contributed by atoms with Gasteiger partial charge in [0, 0.05) is 16.6 Å². The molecule has 3 aromatic rings. The van der Waals surface area contributed by atoms with Crippen LogP contribution < -0.4 is 5.32 Å². The summed E-state index contributed by atoms with van der Waals surface area (Å²) in [6.07, 6.45) is 2.37. The average Bonchev–Trinajstić information content (AvgIpc) is 3.37. The first-order valence-corrected chi connectivity index (χ1v) is 10.5. The van der Waals surface area contributed by atoms with E-state index in [9.17, 15) is 4.79 Å². The predicted octanol–water partition coefficient (Wildman–Crippen LogP) is 5.33. The average molecular weight is 403 g/mol. The van der Waals surface area contributed by atoms with Crippen molar-refractivity contribution in [2.75, 3.05) is 19.6 Å². The van der Waals surface area contributed by atoms with Crippen LogP contribution in [-0.2, 0) is 0 Å². The topological polar surface area (TPSA) is 45.5 Å². The van der Waals surface area contributed by atoms with E-state index in [-0.39, 0.29) is 11.9 Å². The lowest BCUT2D eigenvalue weighted by Gasteiger charge is -2.26. The van der Waals surface area contributed by atoms with Crippen LogP contribution in [0.5, 0.6) is 0 Å². The smallest absolute Gasteiger partial charge is 0.263 e. The normalized spacial score (nSPS) is 16.1. The van der Waals surface area contributed by atoms with E-state index < -0.39 is 0 Å². The highest BCUT2D eigenvalue weighted by Crippen LogP contribution is 2.36. The number of aryl methyl sites for hydroxylation is 2. The highest BCUT2D eigenvalue weighted by molar-refractivity contribution is 7.21. The Kier molecular flexibility index (Phi) is 5.26. The molecule has 1 aliphatic heterocycles. The van der Waals surface area contributed by atoms with Crippen LogP contribution in [0.1, 0.15) is 45.6 Å². The molecule has 0 unspecified atom stereocenters. The molecular weight excluding hydrogens is 380 g/mol. The van der Waals surface area contributed by atoms with Crippen molar-refractivity contribution in [2.45, 2.75) is 32.7 Å². The minimum atomic E-state index is -0.119. The number of nitrogens with one attached hydrogen (secondary N) is 1. The van der Waals surface area contributed by atoms with E-state index in [2.05, 4.69) is 16.3 Å². The number of rotatable bonds is 5. The van der Waals surface area contributed by atoms with Crippen LogP contribution in [0.2, 0.25) is 5.02 Å². The van der Waals surface area contributed by atoms with Gasteiger partial charge in [-0.2, -0.15) is 0 Å². The van der Waals surface area contributed by atoms with Crippen molar-refractivity contribution in [3.63, 3.8) is 0 Å². The second kappa shape index (κ2) is 7.66. The molecule has 1 atom stereocenters. The van der Waals surface area contributed by atoms with Crippen LogP contribution in [0.3, 0.4) is 0 Å². The molecule has 1 aliphatic rings. The van der Waals surface area contributed by atoms with E-state index in [0.29, 0.717) is 16.4 Å². The molecule has 1 N–H and O–H groups in total. The van der Waals surface area contributed by atoms with E-state index in [1.807, 2.05) is 38.1 Å². The molecule has 27 heavy (non-hydrogen) atoms. The number of fused-ring (bicyclic) bond motifs is 1. The van der Waals surface area contributed by atoms with Gasteiger partial charge in [-0.3, -0.25) is 9.69 Å². The molecule has 142 valence electrons. The van der Waals surface area contributed by atoms with Crippen molar-refractivity contribution in [2.24, 2.45) is 0 Å². The van der Waals surface area contributed by atoms with Crippen LogP contribution in [0, 0.1) is 13.8 Å². The molecule has 2 aromatic heterocycles. The zero-order valence-electron chi connectivity index (χ0n) is 15.5. The number of amides is 1. The Hall–Kier alpha value is -1.82. The Morgan fingerprint density at radius 1 is 1.26 bits per heavy atom. The highest BCUT2D eigenvalue weighted by Gasteiger charge is 2.27. The first kappa shape index (κ1) is 18.5. The van der Waals surface area contributed by atoms with Gasteiger partial charge in [-0.1, -0.05) is 23.7 Å². The number of benzene rings is 1. The van der Waals surface area contributed by atoms with E-state index >= 15 is 0 Å². The number of halogens is 1. The molecule has 4 nitrogen and oxygen atoms in total. The first-order valence-electron chi connectivity index (χ1n) is 9.30. The third kappa shape index (κ3) is 3.77. The summed E-state index contributed by atoms with van der Waals surface area (Å²) in [4.78, 5) is 15.8. The van der Waals surface area contributed by atoms with Gasteiger partial charge in [0.2, 0.25) is 0 Å². The maximum atomic E-state index is 12.8. The van der Waals surface area contributed by atoms with E-state index in [1.54, 1.807) is 0 Å². The van der Waals surface area contributed by atoms with Gasteiger partial charge in [-0.05, 0) is 63.5 Å². The maximum absolute atomic E-state index is 12.8. The fraction of sp³-hybridized carbons (Fsp3) is 0.381. The standard InChI is InChI=1S/C21H23ClN2O2S/c1-13-5-7-15-18(11-13)27-20(19(15)22)21(25)23-12-16(24-9-3-4-10-24)17-8-6-14(2)26-17/h5-8,11,16H,3-4,9-10,12H2,1-2H3,(H,23,25)/t16-/m1/s1. The van der Waals surface area contributed by atoms with Gasteiger partial charge in [0.1, 0.15) is 16.4 Å². The Balaban J connectivity index is 1.53. The fourth-order valence-electron chi connectivity index (χ4n) is 3.68. The van der Waals surface area contributed by atoms with Crippen molar-refractivity contribution in [1.29, 1.82) is 0 Å². The Morgan fingerprint density at radius 2 is 2.04 bits per heavy atom. The predicted molar refractivity (Wildman–Crippen MR) is 111 cm³/mol. The third-order valence-electron chi connectivity index (χ3n) is 5.12. The third-order valence-corrected chi connectivity index (χ3v) is 6.77. The minimum Gasteiger partial charge on any atom is -0.465 e. The van der Waals surface area contributed by atoms with Gasteiger partial charge in [0.15, 0.2) is 0 Å².